The van der Waals surface area contributed by atoms with Gasteiger partial charge >= 0.3 is 0 Å². The van der Waals surface area contributed by atoms with Crippen molar-refractivity contribution in [1.29, 1.82) is 0 Å². The largest absolute Gasteiger partial charge is 0.483 e. The van der Waals surface area contributed by atoms with Crippen LogP contribution >= 0.6 is 27.7 Å². The summed E-state index contributed by atoms with van der Waals surface area (Å²) in [4.78, 5) is 23.2. The number of rotatable bonds is 7. The predicted octanol–water partition coefficient (Wildman–Crippen LogP) is 2.70. The molecule has 1 aliphatic rings. The summed E-state index contributed by atoms with van der Waals surface area (Å²) in [6.07, 6.45) is 1.51. The van der Waals surface area contributed by atoms with Gasteiger partial charge in [0.25, 0.3) is 5.91 Å². The Hall–Kier alpha value is -2.65. The highest BCUT2D eigenvalue weighted by molar-refractivity contribution is 9.10. The summed E-state index contributed by atoms with van der Waals surface area (Å²) in [5.41, 5.74) is 1.67. The van der Waals surface area contributed by atoms with E-state index in [9.17, 15) is 9.59 Å². The van der Waals surface area contributed by atoms with Gasteiger partial charge in [-0.2, -0.15) is 5.10 Å². The number of hydrogen-bond acceptors (Lipinski definition) is 6. The third-order valence-electron chi connectivity index (χ3n) is 3.59. The second-order valence-electron chi connectivity index (χ2n) is 5.72. The fourth-order valence-electron chi connectivity index (χ4n) is 2.27. The number of nitrogens with zero attached hydrogens (tertiary/aromatic N) is 2. The maximum atomic E-state index is 12.0. The second kappa shape index (κ2) is 10.0. The van der Waals surface area contributed by atoms with Gasteiger partial charge in [-0.15, -0.1) is 5.10 Å². The van der Waals surface area contributed by atoms with Gasteiger partial charge in [0.1, 0.15) is 5.75 Å². The van der Waals surface area contributed by atoms with Gasteiger partial charge in [-0.05, 0) is 23.8 Å². The molecule has 1 aliphatic heterocycles. The number of benzene rings is 2. The topological polar surface area (TPSA) is 92.2 Å². The summed E-state index contributed by atoms with van der Waals surface area (Å²) < 4.78 is 6.47. The zero-order valence-corrected chi connectivity index (χ0v) is 17.1. The number of carbonyl (C=O) groups excluding carboxylic acids is 2. The summed E-state index contributed by atoms with van der Waals surface area (Å²) in [5, 5.41) is 13.8. The Morgan fingerprint density at radius 1 is 1.29 bits per heavy atom. The first-order chi connectivity index (χ1) is 13.6. The van der Waals surface area contributed by atoms with Crippen molar-refractivity contribution in [3.05, 3.63) is 64.1 Å². The number of carbonyl (C=O) groups is 2. The zero-order chi connectivity index (χ0) is 19.8. The SMILES string of the molecule is O=C(COc1ccc(Br)cc1C=NN=C1NC(=O)CS1)NCc1ccccc1. The van der Waals surface area contributed by atoms with E-state index in [1.54, 1.807) is 12.1 Å². The smallest absolute Gasteiger partial charge is 0.258 e. The Bertz CT molecular complexity index is 919. The van der Waals surface area contributed by atoms with Gasteiger partial charge in [0.15, 0.2) is 11.8 Å². The van der Waals surface area contributed by atoms with Crippen molar-refractivity contribution in [2.45, 2.75) is 6.54 Å². The molecule has 1 saturated heterocycles. The summed E-state index contributed by atoms with van der Waals surface area (Å²) in [6.45, 7) is 0.328. The molecule has 0 radical (unpaired) electrons. The highest BCUT2D eigenvalue weighted by atomic mass is 79.9. The van der Waals surface area contributed by atoms with Crippen LogP contribution in [0.25, 0.3) is 0 Å². The van der Waals surface area contributed by atoms with Gasteiger partial charge in [-0.1, -0.05) is 58.0 Å². The van der Waals surface area contributed by atoms with Crippen molar-refractivity contribution in [2.75, 3.05) is 12.4 Å². The number of thioether (sulfide) groups is 1. The number of amides is 2. The lowest BCUT2D eigenvalue weighted by molar-refractivity contribution is -0.123. The van der Waals surface area contributed by atoms with Gasteiger partial charge in [0.05, 0.1) is 12.0 Å². The maximum Gasteiger partial charge on any atom is 0.258 e. The van der Waals surface area contributed by atoms with Crippen molar-refractivity contribution in [3.63, 3.8) is 0 Å². The molecule has 0 spiro atoms. The minimum Gasteiger partial charge on any atom is -0.483 e. The van der Waals surface area contributed by atoms with Gasteiger partial charge in [-0.3, -0.25) is 9.59 Å². The third-order valence-corrected chi connectivity index (χ3v) is 4.95. The van der Waals surface area contributed by atoms with E-state index in [1.165, 1.54) is 18.0 Å². The molecule has 2 aromatic rings. The second-order valence-corrected chi connectivity index (χ2v) is 7.60. The lowest BCUT2D eigenvalue weighted by Crippen LogP contribution is -2.28. The molecule has 2 N–H and O–H groups in total. The number of halogens is 1. The number of hydrogen-bond donors (Lipinski definition) is 2. The molecule has 1 fully saturated rings. The van der Waals surface area contributed by atoms with E-state index in [0.29, 0.717) is 28.8 Å². The van der Waals surface area contributed by atoms with E-state index in [2.05, 4.69) is 36.8 Å². The standard InChI is InChI=1S/C19H17BrN4O3S/c20-15-6-7-16(14(8-15)10-22-24-19-23-18(26)12-28-19)27-11-17(25)21-9-13-4-2-1-3-5-13/h1-8,10H,9,11-12H2,(H,21,25)(H,23,24,26). The zero-order valence-electron chi connectivity index (χ0n) is 14.7. The monoisotopic (exact) mass is 460 g/mol. The van der Waals surface area contributed by atoms with Crippen LogP contribution in [0.4, 0.5) is 0 Å². The Morgan fingerprint density at radius 3 is 2.86 bits per heavy atom. The van der Waals surface area contributed by atoms with Crippen LogP contribution < -0.4 is 15.4 Å². The lowest BCUT2D eigenvalue weighted by atomic mass is 10.2. The van der Waals surface area contributed by atoms with E-state index in [-0.39, 0.29) is 18.4 Å². The van der Waals surface area contributed by atoms with Crippen LogP contribution in [0.3, 0.4) is 0 Å². The van der Waals surface area contributed by atoms with Crippen LogP contribution in [0.1, 0.15) is 11.1 Å². The average Bonchev–Trinajstić information content (AvgIpc) is 3.11. The molecule has 2 amide bonds. The van der Waals surface area contributed by atoms with Crippen LogP contribution in [0.5, 0.6) is 5.75 Å². The summed E-state index contributed by atoms with van der Waals surface area (Å²) in [6, 6.07) is 15.0. The predicted molar refractivity (Wildman–Crippen MR) is 114 cm³/mol. The molecular weight excluding hydrogens is 444 g/mol. The van der Waals surface area contributed by atoms with Crippen LogP contribution in [0.15, 0.2) is 63.2 Å². The Morgan fingerprint density at radius 2 is 2.11 bits per heavy atom. The Balaban J connectivity index is 1.57. The molecule has 0 aromatic heterocycles. The highest BCUT2D eigenvalue weighted by Gasteiger charge is 2.16. The van der Waals surface area contributed by atoms with E-state index < -0.39 is 0 Å². The van der Waals surface area contributed by atoms with Gasteiger partial charge in [0.2, 0.25) is 5.91 Å². The molecule has 0 bridgehead atoms. The molecule has 28 heavy (non-hydrogen) atoms. The first-order valence-electron chi connectivity index (χ1n) is 8.37. The highest BCUT2D eigenvalue weighted by Crippen LogP contribution is 2.22. The van der Waals surface area contributed by atoms with Gasteiger partial charge < -0.3 is 15.4 Å². The molecule has 1 heterocycles. The lowest BCUT2D eigenvalue weighted by Gasteiger charge is -2.10. The summed E-state index contributed by atoms with van der Waals surface area (Å²) in [5.74, 6) is 0.537. The molecule has 0 saturated carbocycles. The van der Waals surface area contributed by atoms with E-state index in [0.717, 1.165) is 10.0 Å². The molecule has 0 aliphatic carbocycles. The van der Waals surface area contributed by atoms with Crippen molar-refractivity contribution >= 4 is 50.9 Å². The van der Waals surface area contributed by atoms with Crippen LogP contribution in [-0.4, -0.2) is 35.6 Å². The van der Waals surface area contributed by atoms with E-state index in [4.69, 9.17) is 4.74 Å². The van der Waals surface area contributed by atoms with Crippen molar-refractivity contribution in [2.24, 2.45) is 10.2 Å². The molecule has 9 heteroatoms. The normalized spacial score (nSPS) is 15.0. The molecule has 2 aromatic carbocycles. The third kappa shape index (κ3) is 6.21. The van der Waals surface area contributed by atoms with Crippen molar-refractivity contribution < 1.29 is 14.3 Å². The molecule has 0 atom stereocenters. The minimum absolute atomic E-state index is 0.0908. The molecule has 0 unspecified atom stereocenters. The summed E-state index contributed by atoms with van der Waals surface area (Å²) >= 11 is 4.69. The first kappa shape index (κ1) is 20.1. The van der Waals surface area contributed by atoms with Crippen LogP contribution in [-0.2, 0) is 16.1 Å². The fourth-order valence-corrected chi connectivity index (χ4v) is 3.27. The number of amidine groups is 1. The first-order valence-corrected chi connectivity index (χ1v) is 10.1. The Kier molecular flexibility index (Phi) is 7.21. The van der Waals surface area contributed by atoms with Gasteiger partial charge in [0, 0.05) is 16.6 Å². The molecule has 7 nitrogen and oxygen atoms in total. The van der Waals surface area contributed by atoms with Crippen LogP contribution in [0, 0.1) is 0 Å². The minimum atomic E-state index is -0.222. The van der Waals surface area contributed by atoms with Gasteiger partial charge in [-0.25, -0.2) is 0 Å². The van der Waals surface area contributed by atoms with E-state index in [1.807, 2.05) is 36.4 Å². The quantitative estimate of drug-likeness (QED) is 0.490. The molecule has 3 rings (SSSR count). The van der Waals surface area contributed by atoms with Crippen molar-refractivity contribution in [1.82, 2.24) is 10.6 Å². The molecular formula is C19H17BrN4O3S. The van der Waals surface area contributed by atoms with E-state index >= 15 is 0 Å². The summed E-state index contributed by atoms with van der Waals surface area (Å²) in [7, 11) is 0. The van der Waals surface area contributed by atoms with Crippen LogP contribution in [0.2, 0.25) is 0 Å². The van der Waals surface area contributed by atoms with Crippen molar-refractivity contribution in [3.8, 4) is 5.75 Å². The number of ether oxygens (including phenoxy) is 1. The number of nitrogens with one attached hydrogen (secondary N) is 2. The average molecular weight is 461 g/mol. The fraction of sp³-hybridized carbons (Fsp3) is 0.158. The Labute approximate surface area is 174 Å². The maximum absolute atomic E-state index is 12.0. The molecule has 144 valence electrons.